The molecular formula is C8H16NO4P. The van der Waals surface area contributed by atoms with Crippen LogP contribution in [0.4, 0.5) is 0 Å². The van der Waals surface area contributed by atoms with Gasteiger partial charge in [-0.3, -0.25) is 9.36 Å². The summed E-state index contributed by atoms with van der Waals surface area (Å²) in [4.78, 5) is 10.5. The molecule has 1 N–H and O–H groups in total. The van der Waals surface area contributed by atoms with Gasteiger partial charge in [-0.1, -0.05) is 0 Å². The van der Waals surface area contributed by atoms with Gasteiger partial charge in [-0.2, -0.15) is 0 Å². The van der Waals surface area contributed by atoms with Crippen LogP contribution in [0.3, 0.4) is 0 Å². The molecule has 0 saturated carbocycles. The van der Waals surface area contributed by atoms with Crippen LogP contribution in [0.5, 0.6) is 0 Å². The van der Waals surface area contributed by atoms with E-state index in [9.17, 15) is 9.36 Å². The number of carbonyl (C=O) groups is 1. The first kappa shape index (κ1) is 13.4. The number of hydrogen-bond acceptors (Lipinski definition) is 4. The number of rotatable bonds is 6. The first-order valence-electron chi connectivity index (χ1n) is 4.37. The minimum absolute atomic E-state index is 0.235. The molecule has 1 amide bonds. The summed E-state index contributed by atoms with van der Waals surface area (Å²) in [6.07, 6.45) is 1.27. The van der Waals surface area contributed by atoms with Gasteiger partial charge in [0, 0.05) is 18.9 Å². The summed E-state index contributed by atoms with van der Waals surface area (Å²) >= 11 is 0. The van der Waals surface area contributed by atoms with Crippen LogP contribution in [-0.4, -0.2) is 19.1 Å². The summed E-state index contributed by atoms with van der Waals surface area (Å²) in [6.45, 7) is 5.38. The summed E-state index contributed by atoms with van der Waals surface area (Å²) in [6, 6.07) is 0. The van der Waals surface area contributed by atoms with Crippen LogP contribution < -0.4 is 5.32 Å². The lowest BCUT2D eigenvalue weighted by Gasteiger charge is -2.12. The molecule has 0 rings (SSSR count). The molecule has 0 saturated heterocycles. The lowest BCUT2D eigenvalue weighted by Crippen LogP contribution is -2.11. The van der Waals surface area contributed by atoms with Gasteiger partial charge >= 0.3 is 7.60 Å². The minimum atomic E-state index is -3.17. The van der Waals surface area contributed by atoms with E-state index in [1.807, 2.05) is 0 Å². The quantitative estimate of drug-likeness (QED) is 0.695. The number of nitrogens with one attached hydrogen (secondary N) is 1. The van der Waals surface area contributed by atoms with Crippen molar-refractivity contribution < 1.29 is 18.4 Å². The van der Waals surface area contributed by atoms with Crippen LogP contribution >= 0.6 is 7.60 Å². The van der Waals surface area contributed by atoms with Crippen molar-refractivity contribution >= 4 is 13.5 Å². The average Bonchev–Trinajstić information content (AvgIpc) is 2.03. The highest BCUT2D eigenvalue weighted by Gasteiger charge is 2.18. The van der Waals surface area contributed by atoms with E-state index in [0.717, 1.165) is 0 Å². The molecule has 0 aliphatic carbocycles. The van der Waals surface area contributed by atoms with Crippen LogP contribution in [0.2, 0.25) is 0 Å². The zero-order valence-corrected chi connectivity index (χ0v) is 9.54. The van der Waals surface area contributed by atoms with E-state index in [0.29, 0.717) is 13.2 Å². The molecule has 0 spiro atoms. The molecule has 0 heterocycles. The van der Waals surface area contributed by atoms with Gasteiger partial charge in [0.05, 0.1) is 13.2 Å². The third-order valence-corrected chi connectivity index (χ3v) is 2.91. The van der Waals surface area contributed by atoms with Crippen molar-refractivity contribution in [2.75, 3.05) is 13.2 Å². The van der Waals surface area contributed by atoms with E-state index in [-0.39, 0.29) is 5.91 Å². The predicted molar refractivity (Wildman–Crippen MR) is 53.8 cm³/mol. The van der Waals surface area contributed by atoms with Gasteiger partial charge in [0.15, 0.2) is 0 Å². The monoisotopic (exact) mass is 221 g/mol. The summed E-state index contributed by atoms with van der Waals surface area (Å²) < 4.78 is 21.6. The first-order valence-corrected chi connectivity index (χ1v) is 5.99. The van der Waals surface area contributed by atoms with Crippen LogP contribution in [0.1, 0.15) is 20.8 Å². The number of hydrogen-bond donors (Lipinski definition) is 1. The second kappa shape index (κ2) is 6.76. The normalized spacial score (nSPS) is 11.9. The van der Waals surface area contributed by atoms with Crippen molar-refractivity contribution in [3.63, 3.8) is 0 Å². The standard InChI is InChI=1S/C8H16NO4P/c1-4-12-14(11,13-5-2)7-6-9-8(3)10/h6-7H,4-5H2,1-3H3,(H,9,10)/b7-6-. The molecule has 0 aromatic rings. The molecule has 0 unspecified atom stereocenters. The van der Waals surface area contributed by atoms with Crippen LogP contribution in [0, 0.1) is 0 Å². The number of amides is 1. The summed E-state index contributed by atoms with van der Waals surface area (Å²) in [5.74, 6) is 1.00. The second-order valence-corrected chi connectivity index (χ2v) is 4.29. The van der Waals surface area contributed by atoms with E-state index in [4.69, 9.17) is 9.05 Å². The maximum absolute atomic E-state index is 11.7. The van der Waals surface area contributed by atoms with Gasteiger partial charge in [0.1, 0.15) is 0 Å². The third-order valence-electron chi connectivity index (χ3n) is 1.16. The largest absolute Gasteiger partial charge is 0.355 e. The van der Waals surface area contributed by atoms with Crippen molar-refractivity contribution in [1.29, 1.82) is 0 Å². The zero-order chi connectivity index (χ0) is 11.0. The molecule has 0 radical (unpaired) electrons. The highest BCUT2D eigenvalue weighted by molar-refractivity contribution is 7.57. The molecule has 0 fully saturated rings. The lowest BCUT2D eigenvalue weighted by molar-refractivity contribution is -0.118. The Morgan fingerprint density at radius 3 is 2.21 bits per heavy atom. The molecule has 0 aliphatic rings. The Morgan fingerprint density at radius 2 is 1.86 bits per heavy atom. The molecule has 82 valence electrons. The van der Waals surface area contributed by atoms with Gasteiger partial charge in [-0.25, -0.2) is 0 Å². The van der Waals surface area contributed by atoms with Gasteiger partial charge in [-0.05, 0) is 13.8 Å². The highest BCUT2D eigenvalue weighted by atomic mass is 31.2. The molecule has 14 heavy (non-hydrogen) atoms. The van der Waals surface area contributed by atoms with Crippen molar-refractivity contribution in [3.8, 4) is 0 Å². The van der Waals surface area contributed by atoms with E-state index >= 15 is 0 Å². The van der Waals surface area contributed by atoms with E-state index < -0.39 is 7.60 Å². The molecule has 0 atom stereocenters. The Kier molecular flexibility index (Phi) is 6.45. The maximum Gasteiger partial charge on any atom is 0.355 e. The Labute approximate surface area is 84.0 Å². The fourth-order valence-electron chi connectivity index (χ4n) is 0.729. The van der Waals surface area contributed by atoms with Crippen molar-refractivity contribution in [2.24, 2.45) is 0 Å². The van der Waals surface area contributed by atoms with E-state index in [1.54, 1.807) is 13.8 Å². The fourth-order valence-corrected chi connectivity index (χ4v) is 1.95. The zero-order valence-electron chi connectivity index (χ0n) is 8.65. The summed E-state index contributed by atoms with van der Waals surface area (Å²) in [7, 11) is -3.17. The maximum atomic E-state index is 11.7. The minimum Gasteiger partial charge on any atom is -0.333 e. The van der Waals surface area contributed by atoms with Gasteiger partial charge < -0.3 is 14.4 Å². The van der Waals surface area contributed by atoms with Gasteiger partial charge in [0.2, 0.25) is 5.91 Å². The smallest absolute Gasteiger partial charge is 0.333 e. The van der Waals surface area contributed by atoms with Crippen molar-refractivity contribution in [1.82, 2.24) is 5.32 Å². The Hall–Kier alpha value is -0.640. The molecule has 0 aliphatic heterocycles. The summed E-state index contributed by atoms with van der Waals surface area (Å²) in [5.41, 5.74) is 0. The molecule has 0 aromatic heterocycles. The fraction of sp³-hybridized carbons (Fsp3) is 0.625. The van der Waals surface area contributed by atoms with Gasteiger partial charge in [-0.15, -0.1) is 0 Å². The first-order chi connectivity index (χ1) is 6.54. The Balaban J connectivity index is 4.28. The van der Waals surface area contributed by atoms with Crippen molar-refractivity contribution in [2.45, 2.75) is 20.8 Å². The molecule has 6 heteroatoms. The lowest BCUT2D eigenvalue weighted by atomic mass is 10.7. The molecule has 5 nitrogen and oxygen atoms in total. The average molecular weight is 221 g/mol. The molecule has 0 bridgehead atoms. The van der Waals surface area contributed by atoms with E-state index in [2.05, 4.69) is 5.32 Å². The van der Waals surface area contributed by atoms with Crippen molar-refractivity contribution in [3.05, 3.63) is 12.0 Å². The second-order valence-electron chi connectivity index (χ2n) is 2.39. The third kappa shape index (κ3) is 5.91. The Bertz CT molecular complexity index is 242. The van der Waals surface area contributed by atoms with Gasteiger partial charge in [0.25, 0.3) is 0 Å². The summed E-state index contributed by atoms with van der Waals surface area (Å²) in [5, 5.41) is 2.37. The topological polar surface area (TPSA) is 64.6 Å². The highest BCUT2D eigenvalue weighted by Crippen LogP contribution is 2.49. The molecular weight excluding hydrogens is 205 g/mol. The number of carbonyl (C=O) groups excluding carboxylic acids is 1. The SMILES string of the molecule is CCOP(=O)(/C=C\NC(C)=O)OCC. The Morgan fingerprint density at radius 1 is 1.36 bits per heavy atom. The van der Waals surface area contributed by atoms with Crippen LogP contribution in [-0.2, 0) is 18.4 Å². The van der Waals surface area contributed by atoms with Crippen LogP contribution in [0.25, 0.3) is 0 Å². The van der Waals surface area contributed by atoms with Crippen LogP contribution in [0.15, 0.2) is 12.0 Å². The van der Waals surface area contributed by atoms with E-state index in [1.165, 1.54) is 18.9 Å². The predicted octanol–water partition coefficient (Wildman–Crippen LogP) is 1.86. The molecule has 0 aromatic carbocycles.